The maximum absolute atomic E-state index is 12.4. The van der Waals surface area contributed by atoms with Crippen molar-refractivity contribution in [1.29, 1.82) is 0 Å². The smallest absolute Gasteiger partial charge is 0.255 e. The summed E-state index contributed by atoms with van der Waals surface area (Å²) in [5, 5.41) is 5.70. The largest absolute Gasteiger partial charge is 0.496 e. The van der Waals surface area contributed by atoms with Crippen LogP contribution in [0, 0.1) is 6.92 Å². The van der Waals surface area contributed by atoms with Crippen LogP contribution in [-0.4, -0.2) is 39.2 Å². The lowest BCUT2D eigenvalue weighted by atomic mass is 10.1. The van der Waals surface area contributed by atoms with Crippen LogP contribution in [0.15, 0.2) is 36.4 Å². The molecule has 0 unspecified atom stereocenters. The van der Waals surface area contributed by atoms with Crippen molar-refractivity contribution in [2.24, 2.45) is 0 Å². The van der Waals surface area contributed by atoms with E-state index in [-0.39, 0.29) is 16.8 Å². The molecule has 0 bridgehead atoms. The highest BCUT2D eigenvalue weighted by atomic mass is 35.5. The molecule has 0 heterocycles. The number of carbonyl (C=O) groups is 2. The number of benzene rings is 2. The summed E-state index contributed by atoms with van der Waals surface area (Å²) in [6, 6.07) is 9.93. The van der Waals surface area contributed by atoms with Crippen LogP contribution in [0.4, 0.5) is 5.69 Å². The van der Waals surface area contributed by atoms with Crippen LogP contribution in [-0.2, 0) is 4.74 Å². The number of anilines is 1. The fraction of sp³-hybridized carbons (Fsp3) is 0.263. The Morgan fingerprint density at radius 1 is 1.08 bits per heavy atom. The molecule has 0 radical (unpaired) electrons. The number of hydrogen-bond donors (Lipinski definition) is 2. The lowest BCUT2D eigenvalue weighted by Crippen LogP contribution is -2.27. The molecule has 26 heavy (non-hydrogen) atoms. The van der Waals surface area contributed by atoms with Crippen LogP contribution >= 0.6 is 11.6 Å². The first-order chi connectivity index (χ1) is 12.5. The average Bonchev–Trinajstić information content (AvgIpc) is 2.62. The lowest BCUT2D eigenvalue weighted by molar-refractivity contribution is 0.0937. The Bertz CT molecular complexity index is 808. The summed E-state index contributed by atoms with van der Waals surface area (Å²) >= 11 is 6.17. The monoisotopic (exact) mass is 376 g/mol. The Labute approximate surface area is 157 Å². The molecule has 2 amide bonds. The van der Waals surface area contributed by atoms with Crippen molar-refractivity contribution < 1.29 is 19.1 Å². The SMILES string of the molecule is COCCNC(=O)c1ccc(NC(=O)c2ccc(C)c(OC)c2)cc1Cl. The highest BCUT2D eigenvalue weighted by molar-refractivity contribution is 6.34. The van der Waals surface area contributed by atoms with Crippen molar-refractivity contribution in [3.8, 4) is 5.75 Å². The average molecular weight is 377 g/mol. The number of methoxy groups -OCH3 is 2. The molecule has 6 nitrogen and oxygen atoms in total. The van der Waals surface area contributed by atoms with Gasteiger partial charge >= 0.3 is 0 Å². The van der Waals surface area contributed by atoms with E-state index in [0.717, 1.165) is 5.56 Å². The fourth-order valence-corrected chi connectivity index (χ4v) is 2.57. The molecule has 0 aliphatic heterocycles. The van der Waals surface area contributed by atoms with Crippen molar-refractivity contribution in [2.45, 2.75) is 6.92 Å². The summed E-state index contributed by atoms with van der Waals surface area (Å²) in [7, 11) is 3.11. The van der Waals surface area contributed by atoms with Gasteiger partial charge in [-0.25, -0.2) is 0 Å². The first kappa shape index (κ1) is 19.8. The zero-order chi connectivity index (χ0) is 19.1. The maximum atomic E-state index is 12.4. The molecular formula is C19H21ClN2O4. The van der Waals surface area contributed by atoms with Gasteiger partial charge in [-0.05, 0) is 42.8 Å². The van der Waals surface area contributed by atoms with E-state index in [1.54, 1.807) is 38.5 Å². The third-order valence-electron chi connectivity index (χ3n) is 3.73. The minimum atomic E-state index is -0.298. The van der Waals surface area contributed by atoms with Gasteiger partial charge in [0, 0.05) is 24.9 Å². The molecule has 138 valence electrons. The number of nitrogens with one attached hydrogen (secondary N) is 2. The topological polar surface area (TPSA) is 76.7 Å². The molecule has 0 atom stereocenters. The third kappa shape index (κ3) is 4.97. The van der Waals surface area contributed by atoms with E-state index >= 15 is 0 Å². The van der Waals surface area contributed by atoms with Crippen LogP contribution in [0.1, 0.15) is 26.3 Å². The summed E-state index contributed by atoms with van der Waals surface area (Å²) in [5.74, 6) is 0.0450. The molecule has 0 spiro atoms. The van der Waals surface area contributed by atoms with Gasteiger partial charge in [-0.15, -0.1) is 0 Å². The number of ether oxygens (including phenoxy) is 2. The highest BCUT2D eigenvalue weighted by Gasteiger charge is 2.13. The normalized spacial score (nSPS) is 10.3. The van der Waals surface area contributed by atoms with E-state index in [4.69, 9.17) is 21.1 Å². The first-order valence-corrected chi connectivity index (χ1v) is 8.36. The summed E-state index contributed by atoms with van der Waals surface area (Å²) < 4.78 is 10.1. The minimum Gasteiger partial charge on any atom is -0.496 e. The van der Waals surface area contributed by atoms with Gasteiger partial charge in [-0.1, -0.05) is 17.7 Å². The van der Waals surface area contributed by atoms with E-state index < -0.39 is 0 Å². The second-order valence-corrected chi connectivity index (χ2v) is 5.99. The highest BCUT2D eigenvalue weighted by Crippen LogP contribution is 2.23. The number of amides is 2. The Kier molecular flexibility index (Phi) is 7.00. The van der Waals surface area contributed by atoms with Gasteiger partial charge in [0.15, 0.2) is 0 Å². The van der Waals surface area contributed by atoms with Crippen LogP contribution < -0.4 is 15.4 Å². The molecule has 2 aromatic rings. The molecule has 0 saturated carbocycles. The Balaban J connectivity index is 2.09. The van der Waals surface area contributed by atoms with Gasteiger partial charge < -0.3 is 20.1 Å². The first-order valence-electron chi connectivity index (χ1n) is 7.99. The number of halogens is 1. The molecule has 7 heteroatoms. The van der Waals surface area contributed by atoms with Crippen molar-refractivity contribution in [3.05, 3.63) is 58.1 Å². The van der Waals surface area contributed by atoms with Crippen LogP contribution in [0.5, 0.6) is 5.75 Å². The van der Waals surface area contributed by atoms with E-state index in [0.29, 0.717) is 35.7 Å². The van der Waals surface area contributed by atoms with Crippen molar-refractivity contribution >= 4 is 29.1 Å². The van der Waals surface area contributed by atoms with E-state index in [9.17, 15) is 9.59 Å². The van der Waals surface area contributed by atoms with Crippen LogP contribution in [0.25, 0.3) is 0 Å². The quantitative estimate of drug-likeness (QED) is 0.727. The van der Waals surface area contributed by atoms with Gasteiger partial charge in [0.2, 0.25) is 0 Å². The van der Waals surface area contributed by atoms with Crippen LogP contribution in [0.3, 0.4) is 0 Å². The zero-order valence-electron chi connectivity index (χ0n) is 14.9. The summed E-state index contributed by atoms with van der Waals surface area (Å²) in [6.07, 6.45) is 0. The predicted molar refractivity (Wildman–Crippen MR) is 101 cm³/mol. The van der Waals surface area contributed by atoms with Gasteiger partial charge in [-0.3, -0.25) is 9.59 Å². The standard InChI is InChI=1S/C19H21ClN2O4/c1-12-4-5-13(10-17(12)26-3)18(23)22-14-6-7-15(16(20)11-14)19(24)21-8-9-25-2/h4-7,10-11H,8-9H2,1-3H3,(H,21,24)(H,22,23). The van der Waals surface area contributed by atoms with Gasteiger partial charge in [0.25, 0.3) is 11.8 Å². The number of rotatable bonds is 7. The predicted octanol–water partition coefficient (Wildman–Crippen LogP) is 3.29. The van der Waals surface area contributed by atoms with Crippen molar-refractivity contribution in [3.63, 3.8) is 0 Å². The van der Waals surface area contributed by atoms with Gasteiger partial charge in [0.05, 0.1) is 24.3 Å². The lowest BCUT2D eigenvalue weighted by Gasteiger charge is -2.11. The molecule has 0 aliphatic carbocycles. The second-order valence-electron chi connectivity index (χ2n) is 5.58. The summed E-state index contributed by atoms with van der Waals surface area (Å²) in [4.78, 5) is 24.4. The molecule has 0 aromatic heterocycles. The Morgan fingerprint density at radius 2 is 1.85 bits per heavy atom. The van der Waals surface area contributed by atoms with E-state index in [1.165, 1.54) is 6.07 Å². The summed E-state index contributed by atoms with van der Waals surface area (Å²) in [5.41, 5.74) is 2.23. The van der Waals surface area contributed by atoms with Crippen LogP contribution in [0.2, 0.25) is 5.02 Å². The van der Waals surface area contributed by atoms with Crippen molar-refractivity contribution in [1.82, 2.24) is 5.32 Å². The van der Waals surface area contributed by atoms with Crippen molar-refractivity contribution in [2.75, 3.05) is 32.7 Å². The van der Waals surface area contributed by atoms with Gasteiger partial charge in [0.1, 0.15) is 5.75 Å². The molecule has 0 fully saturated rings. The molecule has 2 N–H and O–H groups in total. The molecular weight excluding hydrogens is 356 g/mol. The van der Waals surface area contributed by atoms with E-state index in [1.807, 2.05) is 13.0 Å². The Morgan fingerprint density at radius 3 is 2.50 bits per heavy atom. The fourth-order valence-electron chi connectivity index (χ4n) is 2.30. The number of carbonyl (C=O) groups excluding carboxylic acids is 2. The third-order valence-corrected chi connectivity index (χ3v) is 4.05. The Hall–Kier alpha value is -2.57. The second kappa shape index (κ2) is 9.22. The zero-order valence-corrected chi connectivity index (χ0v) is 15.6. The maximum Gasteiger partial charge on any atom is 0.255 e. The number of hydrogen-bond acceptors (Lipinski definition) is 4. The summed E-state index contributed by atoms with van der Waals surface area (Å²) in [6.45, 7) is 2.70. The molecule has 2 rings (SSSR count). The minimum absolute atomic E-state index is 0.249. The van der Waals surface area contributed by atoms with E-state index in [2.05, 4.69) is 10.6 Å². The molecule has 0 saturated heterocycles. The molecule has 0 aliphatic rings. The molecule has 2 aromatic carbocycles. The number of aryl methyl sites for hydroxylation is 1. The van der Waals surface area contributed by atoms with Gasteiger partial charge in [-0.2, -0.15) is 0 Å².